The molecule has 0 unspecified atom stereocenters. The maximum atomic E-state index is 11.0. The van der Waals surface area contributed by atoms with Crippen molar-refractivity contribution in [3.8, 4) is 11.3 Å². The number of rotatable bonds is 4. The SMILES string of the molecule is O=[N+]([O-])c1cnc(Cl)nc1Nc1cccc(-c2cnco2)c1. The highest BCUT2D eigenvalue weighted by atomic mass is 35.5. The molecule has 1 aromatic carbocycles. The van der Waals surface area contributed by atoms with Gasteiger partial charge in [-0.1, -0.05) is 12.1 Å². The van der Waals surface area contributed by atoms with Crippen LogP contribution in [0.3, 0.4) is 0 Å². The standard InChI is InChI=1S/C13H8ClN5O3/c14-13-16-5-10(19(20)21)12(18-13)17-9-3-1-2-8(4-9)11-6-15-7-22-11/h1-7H,(H,16,17,18). The molecule has 0 bridgehead atoms. The molecule has 0 radical (unpaired) electrons. The summed E-state index contributed by atoms with van der Waals surface area (Å²) in [5.74, 6) is 0.596. The number of halogens is 1. The molecule has 110 valence electrons. The lowest BCUT2D eigenvalue weighted by atomic mass is 10.1. The van der Waals surface area contributed by atoms with Crippen LogP contribution in [0.25, 0.3) is 11.3 Å². The Labute approximate surface area is 129 Å². The fraction of sp³-hybridized carbons (Fsp3) is 0. The Morgan fingerprint density at radius 2 is 2.18 bits per heavy atom. The van der Waals surface area contributed by atoms with Crippen molar-refractivity contribution in [2.75, 3.05) is 5.32 Å². The molecule has 0 aliphatic rings. The van der Waals surface area contributed by atoms with Gasteiger partial charge in [-0.05, 0) is 23.7 Å². The van der Waals surface area contributed by atoms with Gasteiger partial charge in [-0.15, -0.1) is 0 Å². The van der Waals surface area contributed by atoms with Gasteiger partial charge < -0.3 is 9.73 Å². The van der Waals surface area contributed by atoms with E-state index in [2.05, 4.69) is 20.3 Å². The summed E-state index contributed by atoms with van der Waals surface area (Å²) >= 11 is 5.69. The minimum absolute atomic E-state index is 0.0136. The van der Waals surface area contributed by atoms with E-state index in [1.54, 1.807) is 24.4 Å². The van der Waals surface area contributed by atoms with Crippen molar-refractivity contribution >= 4 is 28.8 Å². The second kappa shape index (κ2) is 5.78. The van der Waals surface area contributed by atoms with E-state index in [0.717, 1.165) is 11.8 Å². The van der Waals surface area contributed by atoms with E-state index in [1.165, 1.54) is 6.39 Å². The minimum Gasteiger partial charge on any atom is -0.444 e. The topological polar surface area (TPSA) is 107 Å². The number of nitrogens with one attached hydrogen (secondary N) is 1. The van der Waals surface area contributed by atoms with E-state index in [1.807, 2.05) is 6.07 Å². The first-order valence-electron chi connectivity index (χ1n) is 6.06. The Bertz CT molecular complexity index is 822. The summed E-state index contributed by atoms with van der Waals surface area (Å²) in [6.07, 6.45) is 3.95. The van der Waals surface area contributed by atoms with E-state index >= 15 is 0 Å². The van der Waals surface area contributed by atoms with Crippen molar-refractivity contribution in [3.63, 3.8) is 0 Å². The molecule has 0 saturated carbocycles. The Morgan fingerprint density at radius 3 is 2.91 bits per heavy atom. The first-order chi connectivity index (χ1) is 10.6. The van der Waals surface area contributed by atoms with Crippen LogP contribution in [0.2, 0.25) is 5.28 Å². The smallest absolute Gasteiger partial charge is 0.329 e. The Hall–Kier alpha value is -3.00. The highest BCUT2D eigenvalue weighted by molar-refractivity contribution is 6.28. The highest BCUT2D eigenvalue weighted by Crippen LogP contribution is 2.28. The molecule has 9 heteroatoms. The van der Waals surface area contributed by atoms with E-state index in [0.29, 0.717) is 11.4 Å². The molecule has 22 heavy (non-hydrogen) atoms. The molecule has 2 heterocycles. The van der Waals surface area contributed by atoms with Crippen LogP contribution in [0, 0.1) is 10.1 Å². The lowest BCUT2D eigenvalue weighted by Crippen LogP contribution is -2.01. The van der Waals surface area contributed by atoms with Crippen molar-refractivity contribution < 1.29 is 9.34 Å². The van der Waals surface area contributed by atoms with Crippen LogP contribution in [0.1, 0.15) is 0 Å². The maximum absolute atomic E-state index is 11.0. The second-order valence-corrected chi connectivity index (χ2v) is 4.54. The first-order valence-corrected chi connectivity index (χ1v) is 6.44. The van der Waals surface area contributed by atoms with Gasteiger partial charge in [0, 0.05) is 11.3 Å². The van der Waals surface area contributed by atoms with Gasteiger partial charge >= 0.3 is 5.69 Å². The van der Waals surface area contributed by atoms with Gasteiger partial charge in [0.25, 0.3) is 0 Å². The molecule has 1 N–H and O–H groups in total. The Morgan fingerprint density at radius 1 is 1.32 bits per heavy atom. The maximum Gasteiger partial charge on any atom is 0.329 e. The van der Waals surface area contributed by atoms with Crippen LogP contribution >= 0.6 is 11.6 Å². The van der Waals surface area contributed by atoms with Crippen LogP contribution < -0.4 is 5.32 Å². The predicted octanol–water partition coefficient (Wildman–Crippen LogP) is 3.44. The van der Waals surface area contributed by atoms with Gasteiger partial charge in [0.1, 0.15) is 6.20 Å². The normalized spacial score (nSPS) is 10.4. The van der Waals surface area contributed by atoms with E-state index in [9.17, 15) is 10.1 Å². The Balaban J connectivity index is 1.95. The summed E-state index contributed by atoms with van der Waals surface area (Å²) in [6, 6.07) is 7.09. The molecular weight excluding hydrogens is 310 g/mol. The lowest BCUT2D eigenvalue weighted by molar-refractivity contribution is -0.384. The third-order valence-electron chi connectivity index (χ3n) is 2.78. The van der Waals surface area contributed by atoms with Crippen molar-refractivity contribution in [1.29, 1.82) is 0 Å². The summed E-state index contributed by atoms with van der Waals surface area (Å²) in [4.78, 5) is 21.7. The number of hydrogen-bond acceptors (Lipinski definition) is 7. The van der Waals surface area contributed by atoms with Crippen LogP contribution in [0.4, 0.5) is 17.2 Å². The third kappa shape index (κ3) is 2.86. The lowest BCUT2D eigenvalue weighted by Gasteiger charge is -2.07. The summed E-state index contributed by atoms with van der Waals surface area (Å²) in [5, 5.41) is 13.8. The highest BCUT2D eigenvalue weighted by Gasteiger charge is 2.17. The molecule has 0 aliphatic heterocycles. The summed E-state index contributed by atoms with van der Waals surface area (Å²) in [7, 11) is 0. The summed E-state index contributed by atoms with van der Waals surface area (Å²) in [5.41, 5.74) is 1.09. The monoisotopic (exact) mass is 317 g/mol. The van der Waals surface area contributed by atoms with Crippen molar-refractivity contribution in [1.82, 2.24) is 15.0 Å². The molecule has 0 aliphatic carbocycles. The van der Waals surface area contributed by atoms with Crippen molar-refractivity contribution in [3.05, 3.63) is 58.5 Å². The van der Waals surface area contributed by atoms with Crippen LogP contribution in [-0.2, 0) is 0 Å². The minimum atomic E-state index is -0.584. The molecular formula is C13H8ClN5O3. The van der Waals surface area contributed by atoms with Gasteiger partial charge in [-0.25, -0.2) is 9.97 Å². The van der Waals surface area contributed by atoms with Crippen LogP contribution in [0.5, 0.6) is 0 Å². The average Bonchev–Trinajstić information content (AvgIpc) is 3.01. The molecule has 0 fully saturated rings. The molecule has 3 aromatic rings. The number of aromatic nitrogens is 3. The summed E-state index contributed by atoms with van der Waals surface area (Å²) < 4.78 is 5.21. The largest absolute Gasteiger partial charge is 0.444 e. The fourth-order valence-corrected chi connectivity index (χ4v) is 1.96. The van der Waals surface area contributed by atoms with Crippen molar-refractivity contribution in [2.24, 2.45) is 0 Å². The molecule has 0 atom stereocenters. The number of nitro groups is 1. The molecule has 8 nitrogen and oxygen atoms in total. The van der Waals surface area contributed by atoms with Gasteiger partial charge in [-0.3, -0.25) is 10.1 Å². The molecule has 0 saturated heterocycles. The molecule has 0 amide bonds. The number of anilines is 2. The van der Waals surface area contributed by atoms with Crippen molar-refractivity contribution in [2.45, 2.75) is 0 Å². The molecule has 2 aromatic heterocycles. The zero-order valence-corrected chi connectivity index (χ0v) is 11.7. The Kier molecular flexibility index (Phi) is 3.67. The summed E-state index contributed by atoms with van der Waals surface area (Å²) in [6.45, 7) is 0. The zero-order chi connectivity index (χ0) is 15.5. The zero-order valence-electron chi connectivity index (χ0n) is 10.9. The second-order valence-electron chi connectivity index (χ2n) is 4.20. The number of oxazole rings is 1. The average molecular weight is 318 g/mol. The number of hydrogen-bond donors (Lipinski definition) is 1. The molecule has 0 spiro atoms. The van der Waals surface area contributed by atoms with Gasteiger partial charge in [0.2, 0.25) is 11.1 Å². The predicted molar refractivity (Wildman–Crippen MR) is 78.9 cm³/mol. The van der Waals surface area contributed by atoms with Gasteiger partial charge in [-0.2, -0.15) is 4.98 Å². The van der Waals surface area contributed by atoms with E-state index in [4.69, 9.17) is 16.0 Å². The van der Waals surface area contributed by atoms with Crippen LogP contribution in [-0.4, -0.2) is 19.9 Å². The van der Waals surface area contributed by atoms with Crippen LogP contribution in [0.15, 0.2) is 47.5 Å². The van der Waals surface area contributed by atoms with E-state index in [-0.39, 0.29) is 16.8 Å². The van der Waals surface area contributed by atoms with Gasteiger partial charge in [0.05, 0.1) is 11.1 Å². The molecule has 3 rings (SSSR count). The first kappa shape index (κ1) is 14.0. The number of benzene rings is 1. The third-order valence-corrected chi connectivity index (χ3v) is 2.96. The van der Waals surface area contributed by atoms with E-state index < -0.39 is 4.92 Å². The number of nitrogens with zero attached hydrogens (tertiary/aromatic N) is 4. The fourth-order valence-electron chi connectivity index (χ4n) is 1.82. The van der Waals surface area contributed by atoms with Gasteiger partial charge in [0.15, 0.2) is 12.2 Å². The quantitative estimate of drug-likeness (QED) is 0.446.